The zero-order valence-electron chi connectivity index (χ0n) is 9.89. The van der Waals surface area contributed by atoms with Gasteiger partial charge in [0.05, 0.1) is 5.56 Å². The fourth-order valence-corrected chi connectivity index (χ4v) is 1.56. The average molecular weight is 300 g/mol. The van der Waals surface area contributed by atoms with Crippen LogP contribution in [0.1, 0.15) is 10.4 Å². The average Bonchev–Trinajstić information content (AvgIpc) is 2.38. The SMILES string of the molecule is O=C(Nc1nccc(Cl)n1)c1ccccc1OC(F)F. The quantitative estimate of drug-likeness (QED) is 0.882. The minimum atomic E-state index is -3.02. The Hall–Kier alpha value is -2.28. The number of carbonyl (C=O) groups is 1. The zero-order valence-corrected chi connectivity index (χ0v) is 10.6. The van der Waals surface area contributed by atoms with Gasteiger partial charge in [0, 0.05) is 6.20 Å². The highest BCUT2D eigenvalue weighted by atomic mass is 35.5. The van der Waals surface area contributed by atoms with Gasteiger partial charge in [-0.3, -0.25) is 10.1 Å². The molecule has 2 aromatic rings. The van der Waals surface area contributed by atoms with E-state index in [-0.39, 0.29) is 22.4 Å². The maximum atomic E-state index is 12.2. The van der Waals surface area contributed by atoms with Gasteiger partial charge in [-0.25, -0.2) is 9.97 Å². The van der Waals surface area contributed by atoms with E-state index in [9.17, 15) is 13.6 Å². The van der Waals surface area contributed by atoms with E-state index in [0.29, 0.717) is 0 Å². The van der Waals surface area contributed by atoms with Gasteiger partial charge in [-0.15, -0.1) is 0 Å². The van der Waals surface area contributed by atoms with Gasteiger partial charge in [-0.05, 0) is 18.2 Å². The van der Waals surface area contributed by atoms with Crippen molar-refractivity contribution >= 4 is 23.5 Å². The number of amides is 1. The van der Waals surface area contributed by atoms with Crippen molar-refractivity contribution in [3.05, 3.63) is 47.2 Å². The molecule has 5 nitrogen and oxygen atoms in total. The Bertz CT molecular complexity index is 625. The summed E-state index contributed by atoms with van der Waals surface area (Å²) in [6.07, 6.45) is 1.35. The maximum Gasteiger partial charge on any atom is 0.387 e. The molecular weight excluding hydrogens is 292 g/mol. The number of nitrogens with zero attached hydrogens (tertiary/aromatic N) is 2. The molecule has 0 saturated carbocycles. The number of carbonyl (C=O) groups excluding carboxylic acids is 1. The maximum absolute atomic E-state index is 12.2. The lowest BCUT2D eigenvalue weighted by atomic mass is 10.2. The molecule has 0 aliphatic heterocycles. The number of benzene rings is 1. The van der Waals surface area contributed by atoms with Crippen LogP contribution in [0, 0.1) is 0 Å². The van der Waals surface area contributed by atoms with Crippen LogP contribution in [0.4, 0.5) is 14.7 Å². The van der Waals surface area contributed by atoms with E-state index in [1.807, 2.05) is 0 Å². The van der Waals surface area contributed by atoms with Crippen LogP contribution in [0.5, 0.6) is 5.75 Å². The van der Waals surface area contributed by atoms with E-state index in [1.54, 1.807) is 0 Å². The molecule has 2 rings (SSSR count). The van der Waals surface area contributed by atoms with Gasteiger partial charge >= 0.3 is 6.61 Å². The summed E-state index contributed by atoms with van der Waals surface area (Å²) in [5.74, 6) is -0.945. The molecular formula is C12H8ClF2N3O2. The second-order valence-corrected chi connectivity index (χ2v) is 3.92. The van der Waals surface area contributed by atoms with Crippen LogP contribution >= 0.6 is 11.6 Å². The summed E-state index contributed by atoms with van der Waals surface area (Å²) in [5.41, 5.74) is -0.0589. The molecule has 0 spiro atoms. The number of hydrogen-bond donors (Lipinski definition) is 1. The van der Waals surface area contributed by atoms with E-state index in [4.69, 9.17) is 11.6 Å². The van der Waals surface area contributed by atoms with E-state index >= 15 is 0 Å². The fourth-order valence-electron chi connectivity index (χ4n) is 1.42. The minimum absolute atomic E-state index is 0.0330. The highest BCUT2D eigenvalue weighted by Gasteiger charge is 2.16. The lowest BCUT2D eigenvalue weighted by Crippen LogP contribution is -2.16. The standard InChI is InChI=1S/C12H8ClF2N3O2/c13-9-5-6-16-12(17-9)18-10(19)7-3-1-2-4-8(7)20-11(14)15/h1-6,11H,(H,16,17,18,19). The van der Waals surface area contributed by atoms with Gasteiger partial charge in [-0.2, -0.15) is 8.78 Å². The predicted molar refractivity (Wildman–Crippen MR) is 68.1 cm³/mol. The number of alkyl halides is 2. The van der Waals surface area contributed by atoms with Gasteiger partial charge in [0.1, 0.15) is 10.9 Å². The molecule has 20 heavy (non-hydrogen) atoms. The molecule has 0 aliphatic rings. The summed E-state index contributed by atoms with van der Waals surface area (Å²) in [6.45, 7) is -3.02. The summed E-state index contributed by atoms with van der Waals surface area (Å²) in [6, 6.07) is 7.04. The van der Waals surface area contributed by atoms with E-state index in [1.165, 1.54) is 36.5 Å². The molecule has 0 saturated heterocycles. The van der Waals surface area contributed by atoms with E-state index < -0.39 is 12.5 Å². The van der Waals surface area contributed by atoms with Crippen LogP contribution in [-0.4, -0.2) is 22.5 Å². The van der Waals surface area contributed by atoms with Crippen LogP contribution in [0.2, 0.25) is 5.15 Å². The molecule has 0 atom stereocenters. The number of rotatable bonds is 4. The number of halogens is 3. The smallest absolute Gasteiger partial charge is 0.387 e. The van der Waals surface area contributed by atoms with Crippen molar-refractivity contribution in [1.29, 1.82) is 0 Å². The first kappa shape index (κ1) is 14.1. The van der Waals surface area contributed by atoms with Crippen molar-refractivity contribution in [2.24, 2.45) is 0 Å². The summed E-state index contributed by atoms with van der Waals surface area (Å²) in [5, 5.41) is 2.49. The molecule has 0 fully saturated rings. The number of para-hydroxylation sites is 1. The molecule has 1 heterocycles. The summed E-state index contributed by atoms with van der Waals surface area (Å²) in [4.78, 5) is 19.5. The summed E-state index contributed by atoms with van der Waals surface area (Å²) in [7, 11) is 0. The molecule has 0 aliphatic carbocycles. The van der Waals surface area contributed by atoms with Crippen molar-refractivity contribution in [1.82, 2.24) is 9.97 Å². The third-order valence-corrected chi connectivity index (χ3v) is 2.41. The highest BCUT2D eigenvalue weighted by Crippen LogP contribution is 2.21. The van der Waals surface area contributed by atoms with Crippen molar-refractivity contribution < 1.29 is 18.3 Å². The Balaban J connectivity index is 2.21. The van der Waals surface area contributed by atoms with Crippen LogP contribution in [0.3, 0.4) is 0 Å². The van der Waals surface area contributed by atoms with E-state index in [2.05, 4.69) is 20.0 Å². The van der Waals surface area contributed by atoms with Crippen LogP contribution < -0.4 is 10.1 Å². The fraction of sp³-hybridized carbons (Fsp3) is 0.0833. The lowest BCUT2D eigenvalue weighted by Gasteiger charge is -2.10. The van der Waals surface area contributed by atoms with Gasteiger partial charge in [0.15, 0.2) is 0 Å². The Morgan fingerprint density at radius 1 is 1.30 bits per heavy atom. The number of nitrogens with one attached hydrogen (secondary N) is 1. The minimum Gasteiger partial charge on any atom is -0.434 e. The first-order chi connectivity index (χ1) is 9.56. The molecule has 0 unspecified atom stereocenters. The van der Waals surface area contributed by atoms with Gasteiger partial charge in [0.25, 0.3) is 5.91 Å². The molecule has 1 aromatic heterocycles. The summed E-state index contributed by atoms with van der Waals surface area (Å²) >= 11 is 5.65. The first-order valence-corrected chi connectivity index (χ1v) is 5.78. The Morgan fingerprint density at radius 3 is 2.75 bits per heavy atom. The number of anilines is 1. The highest BCUT2D eigenvalue weighted by molar-refractivity contribution is 6.29. The molecule has 1 amide bonds. The Morgan fingerprint density at radius 2 is 2.05 bits per heavy atom. The Kier molecular flexibility index (Phi) is 4.41. The van der Waals surface area contributed by atoms with Gasteiger partial charge < -0.3 is 4.74 Å². The van der Waals surface area contributed by atoms with Crippen molar-refractivity contribution in [2.45, 2.75) is 6.61 Å². The largest absolute Gasteiger partial charge is 0.434 e. The van der Waals surface area contributed by atoms with Crippen molar-refractivity contribution in [3.8, 4) is 5.75 Å². The number of ether oxygens (including phenoxy) is 1. The monoisotopic (exact) mass is 299 g/mol. The van der Waals surface area contributed by atoms with Crippen LogP contribution in [0.15, 0.2) is 36.5 Å². The predicted octanol–water partition coefficient (Wildman–Crippen LogP) is 2.98. The van der Waals surface area contributed by atoms with Gasteiger partial charge in [0.2, 0.25) is 5.95 Å². The molecule has 0 bridgehead atoms. The topological polar surface area (TPSA) is 64.1 Å². The third-order valence-electron chi connectivity index (χ3n) is 2.19. The van der Waals surface area contributed by atoms with Crippen LogP contribution in [-0.2, 0) is 0 Å². The second kappa shape index (κ2) is 6.25. The molecule has 8 heteroatoms. The Labute approximate surface area is 117 Å². The second-order valence-electron chi connectivity index (χ2n) is 3.53. The molecule has 104 valence electrons. The van der Waals surface area contributed by atoms with Gasteiger partial charge in [-0.1, -0.05) is 23.7 Å². The molecule has 1 N–H and O–H groups in total. The molecule has 1 aromatic carbocycles. The lowest BCUT2D eigenvalue weighted by molar-refractivity contribution is -0.0501. The normalized spacial score (nSPS) is 10.4. The first-order valence-electron chi connectivity index (χ1n) is 5.40. The number of hydrogen-bond acceptors (Lipinski definition) is 4. The summed E-state index contributed by atoms with van der Waals surface area (Å²) < 4.78 is 28.8. The molecule has 0 radical (unpaired) electrons. The number of aromatic nitrogens is 2. The van der Waals surface area contributed by atoms with E-state index in [0.717, 1.165) is 0 Å². The zero-order chi connectivity index (χ0) is 14.5. The third kappa shape index (κ3) is 3.61. The van der Waals surface area contributed by atoms with Crippen LogP contribution in [0.25, 0.3) is 0 Å². The van der Waals surface area contributed by atoms with Crippen molar-refractivity contribution in [3.63, 3.8) is 0 Å². The van der Waals surface area contributed by atoms with Crippen molar-refractivity contribution in [2.75, 3.05) is 5.32 Å².